The van der Waals surface area contributed by atoms with Gasteiger partial charge in [-0.3, -0.25) is 9.67 Å². The molecule has 0 aliphatic heterocycles. The molecule has 6 nitrogen and oxygen atoms in total. The van der Waals surface area contributed by atoms with Gasteiger partial charge >= 0.3 is 0 Å². The molecule has 0 unspecified atom stereocenters. The molecule has 0 spiro atoms. The quantitative estimate of drug-likeness (QED) is 0.269. The molecule has 0 aliphatic rings. The van der Waals surface area contributed by atoms with Crippen LogP contribution in [0, 0.1) is 20.8 Å². The van der Waals surface area contributed by atoms with Gasteiger partial charge in [-0.25, -0.2) is 0 Å². The predicted molar refractivity (Wildman–Crippen MR) is 118 cm³/mol. The van der Waals surface area contributed by atoms with Gasteiger partial charge in [0.2, 0.25) is 0 Å². The minimum atomic E-state index is 0. The van der Waals surface area contributed by atoms with E-state index < -0.39 is 0 Å². The third-order valence-electron chi connectivity index (χ3n) is 3.85. The van der Waals surface area contributed by atoms with Crippen LogP contribution < -0.4 is 15.4 Å². The molecule has 2 N–H and O–H groups in total. The van der Waals surface area contributed by atoms with Gasteiger partial charge in [0.1, 0.15) is 12.4 Å². The van der Waals surface area contributed by atoms with E-state index in [1.54, 1.807) is 7.05 Å². The van der Waals surface area contributed by atoms with Gasteiger partial charge in [0, 0.05) is 25.8 Å². The van der Waals surface area contributed by atoms with E-state index in [0.717, 1.165) is 36.9 Å². The maximum Gasteiger partial charge on any atom is 0.191 e. The second kappa shape index (κ2) is 11.8. The van der Waals surface area contributed by atoms with Crippen LogP contribution >= 0.6 is 24.0 Å². The average molecular weight is 471 g/mol. The zero-order chi connectivity index (χ0) is 18.1. The smallest absolute Gasteiger partial charge is 0.191 e. The standard InChI is InChI=1S/C19H29N5O.HI/c1-15-6-8-18(9-7-15)25-13-11-22-19(20-4)21-10-5-12-24-17(3)14-16(2)23-24;/h6-9,14H,5,10-13H2,1-4H3,(H2,20,21,22);1H. The summed E-state index contributed by atoms with van der Waals surface area (Å²) >= 11 is 0. The first-order chi connectivity index (χ1) is 12.1. The maximum atomic E-state index is 5.70. The van der Waals surface area contributed by atoms with Crippen molar-refractivity contribution in [3.8, 4) is 5.75 Å². The van der Waals surface area contributed by atoms with Gasteiger partial charge in [-0.05, 0) is 45.4 Å². The zero-order valence-electron chi connectivity index (χ0n) is 16.1. The summed E-state index contributed by atoms with van der Waals surface area (Å²) in [5.41, 5.74) is 3.50. The van der Waals surface area contributed by atoms with Crippen LogP contribution in [0.2, 0.25) is 0 Å². The number of rotatable bonds is 8. The Balaban J connectivity index is 0.00000338. The van der Waals surface area contributed by atoms with Crippen LogP contribution in [0.3, 0.4) is 0 Å². The molecule has 0 aliphatic carbocycles. The lowest BCUT2D eigenvalue weighted by molar-refractivity contribution is 0.322. The lowest BCUT2D eigenvalue weighted by atomic mass is 10.2. The van der Waals surface area contributed by atoms with Gasteiger partial charge in [-0.2, -0.15) is 5.10 Å². The number of nitrogens with one attached hydrogen (secondary N) is 2. The van der Waals surface area contributed by atoms with Gasteiger partial charge in [0.25, 0.3) is 0 Å². The number of hydrogen-bond donors (Lipinski definition) is 2. The van der Waals surface area contributed by atoms with E-state index in [0.29, 0.717) is 13.2 Å². The number of nitrogens with zero attached hydrogens (tertiary/aromatic N) is 3. The van der Waals surface area contributed by atoms with Crippen molar-refractivity contribution in [2.24, 2.45) is 4.99 Å². The van der Waals surface area contributed by atoms with Crippen LogP contribution in [0.15, 0.2) is 35.3 Å². The molecule has 1 aromatic heterocycles. The first-order valence-corrected chi connectivity index (χ1v) is 8.73. The summed E-state index contributed by atoms with van der Waals surface area (Å²) < 4.78 is 7.74. The summed E-state index contributed by atoms with van der Waals surface area (Å²) in [5, 5.41) is 11.0. The van der Waals surface area contributed by atoms with Crippen LogP contribution in [0.5, 0.6) is 5.75 Å². The van der Waals surface area contributed by atoms with E-state index >= 15 is 0 Å². The Bertz CT molecular complexity index is 682. The number of halogens is 1. The molecule has 0 radical (unpaired) electrons. The van der Waals surface area contributed by atoms with Crippen molar-refractivity contribution in [2.45, 2.75) is 33.7 Å². The lowest BCUT2D eigenvalue weighted by Gasteiger charge is -2.13. The number of ether oxygens (including phenoxy) is 1. The average Bonchev–Trinajstić information content (AvgIpc) is 2.92. The number of benzene rings is 1. The Morgan fingerprint density at radius 3 is 2.42 bits per heavy atom. The first-order valence-electron chi connectivity index (χ1n) is 8.73. The topological polar surface area (TPSA) is 63.5 Å². The maximum absolute atomic E-state index is 5.70. The molecule has 0 bridgehead atoms. The summed E-state index contributed by atoms with van der Waals surface area (Å²) in [4.78, 5) is 4.23. The van der Waals surface area contributed by atoms with Gasteiger partial charge in [-0.1, -0.05) is 17.7 Å². The van der Waals surface area contributed by atoms with E-state index in [9.17, 15) is 0 Å². The summed E-state index contributed by atoms with van der Waals surface area (Å²) in [6, 6.07) is 10.2. The highest BCUT2D eigenvalue weighted by Gasteiger charge is 2.01. The molecular weight excluding hydrogens is 441 g/mol. The van der Waals surface area contributed by atoms with Crippen LogP contribution in [0.1, 0.15) is 23.4 Å². The van der Waals surface area contributed by atoms with E-state index in [1.807, 2.05) is 35.9 Å². The molecule has 0 atom stereocenters. The molecule has 0 saturated heterocycles. The Hall–Kier alpha value is -1.77. The minimum absolute atomic E-state index is 0. The molecule has 0 saturated carbocycles. The Labute approximate surface area is 173 Å². The molecule has 0 amide bonds. The van der Waals surface area contributed by atoms with Gasteiger partial charge in [0.05, 0.1) is 12.2 Å². The minimum Gasteiger partial charge on any atom is -0.492 e. The van der Waals surface area contributed by atoms with Crippen molar-refractivity contribution in [2.75, 3.05) is 26.7 Å². The van der Waals surface area contributed by atoms with E-state index in [2.05, 4.69) is 40.6 Å². The van der Waals surface area contributed by atoms with Gasteiger partial charge < -0.3 is 15.4 Å². The summed E-state index contributed by atoms with van der Waals surface area (Å²) in [6.07, 6.45) is 0.989. The molecule has 7 heteroatoms. The first kappa shape index (κ1) is 22.3. The van der Waals surface area contributed by atoms with E-state index in [4.69, 9.17) is 4.74 Å². The number of guanidine groups is 1. The highest BCUT2D eigenvalue weighted by molar-refractivity contribution is 14.0. The fraction of sp³-hybridized carbons (Fsp3) is 0.474. The number of aliphatic imine (C=N–C) groups is 1. The highest BCUT2D eigenvalue weighted by atomic mass is 127. The molecule has 2 aromatic rings. The normalized spacial score (nSPS) is 11.0. The Kier molecular flexibility index (Phi) is 10.1. The number of aryl methyl sites for hydroxylation is 4. The molecule has 2 rings (SSSR count). The lowest BCUT2D eigenvalue weighted by Crippen LogP contribution is -2.39. The zero-order valence-corrected chi connectivity index (χ0v) is 18.4. The molecule has 1 heterocycles. The molecule has 144 valence electrons. The Morgan fingerprint density at radius 1 is 1.12 bits per heavy atom. The van der Waals surface area contributed by atoms with E-state index in [1.165, 1.54) is 11.3 Å². The third-order valence-corrected chi connectivity index (χ3v) is 3.85. The number of hydrogen-bond acceptors (Lipinski definition) is 3. The van der Waals surface area contributed by atoms with Crippen LogP contribution in [0.4, 0.5) is 0 Å². The van der Waals surface area contributed by atoms with Crippen molar-refractivity contribution < 1.29 is 4.74 Å². The summed E-state index contributed by atoms with van der Waals surface area (Å²) in [7, 11) is 1.77. The largest absolute Gasteiger partial charge is 0.492 e. The molecule has 1 aromatic carbocycles. The van der Waals surface area contributed by atoms with Crippen LogP contribution in [0.25, 0.3) is 0 Å². The monoisotopic (exact) mass is 471 g/mol. The van der Waals surface area contributed by atoms with Crippen molar-refractivity contribution in [1.29, 1.82) is 0 Å². The Morgan fingerprint density at radius 2 is 1.81 bits per heavy atom. The summed E-state index contributed by atoms with van der Waals surface area (Å²) in [5.74, 6) is 1.68. The van der Waals surface area contributed by atoms with Crippen molar-refractivity contribution in [3.63, 3.8) is 0 Å². The molecule has 26 heavy (non-hydrogen) atoms. The van der Waals surface area contributed by atoms with Crippen LogP contribution in [-0.4, -0.2) is 42.5 Å². The van der Waals surface area contributed by atoms with Crippen LogP contribution in [-0.2, 0) is 6.54 Å². The van der Waals surface area contributed by atoms with Gasteiger partial charge in [-0.15, -0.1) is 24.0 Å². The SMILES string of the molecule is CN=C(NCCCn1nc(C)cc1C)NCCOc1ccc(C)cc1.I. The fourth-order valence-electron chi connectivity index (χ4n) is 2.53. The van der Waals surface area contributed by atoms with E-state index in [-0.39, 0.29) is 24.0 Å². The second-order valence-corrected chi connectivity index (χ2v) is 6.09. The summed E-state index contributed by atoms with van der Waals surface area (Å²) in [6.45, 7) is 9.21. The highest BCUT2D eigenvalue weighted by Crippen LogP contribution is 2.10. The van der Waals surface area contributed by atoms with Crippen molar-refractivity contribution in [1.82, 2.24) is 20.4 Å². The third kappa shape index (κ3) is 7.63. The number of aromatic nitrogens is 2. The predicted octanol–water partition coefficient (Wildman–Crippen LogP) is 3.06. The van der Waals surface area contributed by atoms with Crippen molar-refractivity contribution in [3.05, 3.63) is 47.3 Å². The molecule has 0 fully saturated rings. The van der Waals surface area contributed by atoms with Gasteiger partial charge in [0.15, 0.2) is 5.96 Å². The second-order valence-electron chi connectivity index (χ2n) is 6.09. The fourth-order valence-corrected chi connectivity index (χ4v) is 2.53. The molecular formula is C19H30IN5O. The van der Waals surface area contributed by atoms with Crippen molar-refractivity contribution >= 4 is 29.9 Å².